The smallest absolute Gasteiger partial charge is 0.188 e. The maximum atomic E-state index is 15.6. The van der Waals surface area contributed by atoms with Gasteiger partial charge in [0.15, 0.2) is 11.6 Å². The number of benzene rings is 2. The summed E-state index contributed by atoms with van der Waals surface area (Å²) in [5, 5.41) is 11.7. The highest BCUT2D eigenvalue weighted by atomic mass is 19.1. The molecule has 0 fully saturated rings. The molecule has 0 bridgehead atoms. The maximum Gasteiger partial charge on any atom is 0.188 e. The fourth-order valence-corrected chi connectivity index (χ4v) is 3.09. The van der Waals surface area contributed by atoms with Gasteiger partial charge in [-0.3, -0.25) is 10.1 Å². The van der Waals surface area contributed by atoms with Crippen molar-refractivity contribution < 1.29 is 13.9 Å². The van der Waals surface area contributed by atoms with Crippen molar-refractivity contribution in [1.82, 2.24) is 14.8 Å². The van der Waals surface area contributed by atoms with E-state index in [-0.39, 0.29) is 29.9 Å². The van der Waals surface area contributed by atoms with Crippen LogP contribution < -0.4 is 20.1 Å². The minimum atomic E-state index is -0.505. The van der Waals surface area contributed by atoms with Crippen molar-refractivity contribution in [3.63, 3.8) is 0 Å². The van der Waals surface area contributed by atoms with Crippen molar-refractivity contribution in [2.45, 2.75) is 33.4 Å². The summed E-state index contributed by atoms with van der Waals surface area (Å²) < 4.78 is 28.6. The second-order valence-electron chi connectivity index (χ2n) is 7.20. The molecule has 0 saturated carbocycles. The molecule has 1 aromatic heterocycles. The number of nitrogens with zero attached hydrogens (tertiary/aromatic N) is 4. The van der Waals surface area contributed by atoms with E-state index in [1.807, 2.05) is 20.8 Å². The summed E-state index contributed by atoms with van der Waals surface area (Å²) in [6, 6.07) is 10.2. The molecule has 0 spiro atoms. The number of amidine groups is 1. The molecule has 0 radical (unpaired) electrons. The Morgan fingerprint density at radius 2 is 1.97 bits per heavy atom. The lowest BCUT2D eigenvalue weighted by molar-refractivity contribution is 0.229. The molecule has 3 aromatic rings. The predicted octanol–water partition coefficient (Wildman–Crippen LogP) is 3.76. The van der Waals surface area contributed by atoms with Crippen LogP contribution in [0, 0.1) is 11.2 Å². The molecule has 0 atom stereocenters. The summed E-state index contributed by atoms with van der Waals surface area (Å²) in [4.78, 5) is 6.05. The zero-order chi connectivity index (χ0) is 22.5. The third-order valence-corrected chi connectivity index (χ3v) is 4.55. The van der Waals surface area contributed by atoms with Gasteiger partial charge in [-0.2, -0.15) is 5.10 Å². The first-order valence-electron chi connectivity index (χ1n) is 9.98. The van der Waals surface area contributed by atoms with Crippen LogP contribution in [0.25, 0.3) is 0 Å². The maximum absolute atomic E-state index is 15.6. The van der Waals surface area contributed by atoms with Gasteiger partial charge in [0.25, 0.3) is 0 Å². The Bertz CT molecular complexity index is 1050. The molecule has 0 aliphatic carbocycles. The first-order chi connectivity index (χ1) is 14.8. The monoisotopic (exact) mass is 426 g/mol. The van der Waals surface area contributed by atoms with Crippen LogP contribution in [-0.4, -0.2) is 33.3 Å². The molecule has 9 heteroatoms. The van der Waals surface area contributed by atoms with E-state index in [0.29, 0.717) is 29.4 Å². The van der Waals surface area contributed by atoms with Crippen molar-refractivity contribution >= 4 is 17.2 Å². The summed E-state index contributed by atoms with van der Waals surface area (Å²) in [5.41, 5.74) is 7.13. The zero-order valence-corrected chi connectivity index (χ0v) is 18.1. The highest BCUT2D eigenvalue weighted by Gasteiger charge is 2.22. The van der Waals surface area contributed by atoms with E-state index >= 15 is 4.39 Å². The third kappa shape index (κ3) is 5.11. The first kappa shape index (κ1) is 22.1. The molecule has 3 N–H and O–H groups in total. The van der Waals surface area contributed by atoms with Gasteiger partial charge in [0.05, 0.1) is 24.9 Å². The Labute approximate surface area is 180 Å². The molecule has 0 unspecified atom stereocenters. The average molecular weight is 426 g/mol. The average Bonchev–Trinajstić information content (AvgIpc) is 3.13. The largest absolute Gasteiger partial charge is 0.494 e. The number of nitrogen functional groups attached to an aromatic ring is 1. The SMILES string of the molecule is CCOc1cc(OC(C)C)c(F)c(N(Cc2ncnn2C)c2ccc(C(=N)N)cc2)c1. The number of hydrogen-bond donors (Lipinski definition) is 2. The topological polar surface area (TPSA) is 102 Å². The van der Waals surface area contributed by atoms with E-state index < -0.39 is 5.82 Å². The van der Waals surface area contributed by atoms with Crippen LogP contribution in [0.5, 0.6) is 11.5 Å². The number of nitrogens with one attached hydrogen (secondary N) is 1. The number of aromatic nitrogens is 3. The third-order valence-electron chi connectivity index (χ3n) is 4.55. The first-order valence-corrected chi connectivity index (χ1v) is 9.98. The van der Waals surface area contributed by atoms with Crippen LogP contribution in [0.1, 0.15) is 32.2 Å². The molecule has 1 heterocycles. The molecular weight excluding hydrogens is 399 g/mol. The van der Waals surface area contributed by atoms with Gasteiger partial charge in [-0.15, -0.1) is 0 Å². The highest BCUT2D eigenvalue weighted by Crippen LogP contribution is 2.38. The standard InChI is InChI=1S/C22H27FN6O2/c1-5-30-17-10-18(21(23)19(11-17)31-14(2)3)29(12-20-26-13-27-28(20)4)16-8-6-15(7-9-16)22(24)25/h6-11,13-14H,5,12H2,1-4H3,(H3,24,25). The van der Waals surface area contributed by atoms with Gasteiger partial charge in [-0.1, -0.05) is 0 Å². The van der Waals surface area contributed by atoms with E-state index in [9.17, 15) is 0 Å². The molecular formula is C22H27FN6O2. The Morgan fingerprint density at radius 1 is 1.26 bits per heavy atom. The summed E-state index contributed by atoms with van der Waals surface area (Å²) in [6.45, 7) is 6.23. The van der Waals surface area contributed by atoms with Gasteiger partial charge >= 0.3 is 0 Å². The van der Waals surface area contributed by atoms with Crippen molar-refractivity contribution in [1.29, 1.82) is 5.41 Å². The predicted molar refractivity (Wildman–Crippen MR) is 118 cm³/mol. The molecule has 0 aliphatic rings. The van der Waals surface area contributed by atoms with Crippen LogP contribution in [0.15, 0.2) is 42.7 Å². The summed E-state index contributed by atoms with van der Waals surface area (Å²) >= 11 is 0. The van der Waals surface area contributed by atoms with Crippen molar-refractivity contribution in [3.05, 3.63) is 59.9 Å². The van der Waals surface area contributed by atoms with E-state index in [1.54, 1.807) is 53.0 Å². The fraction of sp³-hybridized carbons (Fsp3) is 0.318. The number of ether oxygens (including phenoxy) is 2. The Kier molecular flexibility index (Phi) is 6.74. The van der Waals surface area contributed by atoms with Crippen LogP contribution in [-0.2, 0) is 13.6 Å². The van der Waals surface area contributed by atoms with E-state index in [2.05, 4.69) is 10.1 Å². The van der Waals surface area contributed by atoms with E-state index in [1.165, 1.54) is 6.33 Å². The Balaban J connectivity index is 2.14. The zero-order valence-electron chi connectivity index (χ0n) is 18.1. The molecule has 8 nitrogen and oxygen atoms in total. The van der Waals surface area contributed by atoms with Gasteiger partial charge in [0.2, 0.25) is 0 Å². The number of hydrogen-bond acceptors (Lipinski definition) is 6. The van der Waals surface area contributed by atoms with E-state index in [0.717, 1.165) is 0 Å². The molecule has 0 amide bonds. The molecule has 2 aromatic carbocycles. The molecule has 0 aliphatic heterocycles. The number of nitrogens with two attached hydrogens (primary N) is 1. The van der Waals surface area contributed by atoms with Crippen LogP contribution >= 0.6 is 0 Å². The lowest BCUT2D eigenvalue weighted by atomic mass is 10.1. The lowest BCUT2D eigenvalue weighted by Gasteiger charge is -2.27. The quantitative estimate of drug-likeness (QED) is 0.399. The number of halogens is 1. The number of aryl methyl sites for hydroxylation is 1. The molecule has 31 heavy (non-hydrogen) atoms. The van der Waals surface area contributed by atoms with Gasteiger partial charge in [0.1, 0.15) is 23.7 Å². The van der Waals surface area contributed by atoms with Gasteiger partial charge in [-0.25, -0.2) is 9.37 Å². The van der Waals surface area contributed by atoms with Crippen molar-refractivity contribution in [3.8, 4) is 11.5 Å². The van der Waals surface area contributed by atoms with Gasteiger partial charge in [0, 0.05) is 30.4 Å². The normalized spacial score (nSPS) is 10.9. The Hall–Kier alpha value is -3.62. The van der Waals surface area contributed by atoms with Crippen LogP contribution in [0.4, 0.5) is 15.8 Å². The van der Waals surface area contributed by atoms with Crippen molar-refractivity contribution in [2.75, 3.05) is 11.5 Å². The number of anilines is 2. The van der Waals surface area contributed by atoms with Crippen LogP contribution in [0.3, 0.4) is 0 Å². The molecule has 0 saturated heterocycles. The minimum Gasteiger partial charge on any atom is -0.494 e. The summed E-state index contributed by atoms with van der Waals surface area (Å²) in [5.74, 6) is 0.707. The van der Waals surface area contributed by atoms with Crippen molar-refractivity contribution in [2.24, 2.45) is 12.8 Å². The fourth-order valence-electron chi connectivity index (χ4n) is 3.09. The number of rotatable bonds is 9. The van der Waals surface area contributed by atoms with Gasteiger partial charge in [-0.05, 0) is 45.0 Å². The Morgan fingerprint density at radius 3 is 2.52 bits per heavy atom. The van der Waals surface area contributed by atoms with Crippen LogP contribution in [0.2, 0.25) is 0 Å². The second-order valence-corrected chi connectivity index (χ2v) is 7.20. The molecule has 3 rings (SSSR count). The summed E-state index contributed by atoms with van der Waals surface area (Å²) in [7, 11) is 1.78. The second kappa shape index (κ2) is 9.46. The lowest BCUT2D eigenvalue weighted by Crippen LogP contribution is -2.21. The van der Waals surface area contributed by atoms with Gasteiger partial charge < -0.3 is 20.1 Å². The summed E-state index contributed by atoms with van der Waals surface area (Å²) in [6.07, 6.45) is 1.24. The minimum absolute atomic E-state index is 0.0384. The van der Waals surface area contributed by atoms with E-state index in [4.69, 9.17) is 20.6 Å². The highest BCUT2D eigenvalue weighted by molar-refractivity contribution is 5.95. The molecule has 164 valence electrons.